The second-order valence-corrected chi connectivity index (χ2v) is 6.20. The van der Waals surface area contributed by atoms with Gasteiger partial charge in [0.1, 0.15) is 0 Å². The first-order valence-electron chi connectivity index (χ1n) is 7.86. The number of hydrogen-bond acceptors (Lipinski definition) is 3. The average Bonchev–Trinajstić information content (AvgIpc) is 2.67. The van der Waals surface area contributed by atoms with Crippen LogP contribution in [0.15, 0.2) is 0 Å². The number of carbonyl (C=O) groups excluding carboxylic acids is 2. The fourth-order valence-electron chi connectivity index (χ4n) is 3.20. The number of nitrogens with zero attached hydrogens (tertiary/aromatic N) is 2. The van der Waals surface area contributed by atoms with Gasteiger partial charge in [-0.15, -0.1) is 0 Å². The van der Waals surface area contributed by atoms with Crippen molar-refractivity contribution in [3.63, 3.8) is 0 Å². The molecule has 20 heavy (non-hydrogen) atoms. The van der Waals surface area contributed by atoms with Crippen LogP contribution >= 0.6 is 0 Å². The van der Waals surface area contributed by atoms with E-state index in [0.717, 1.165) is 32.4 Å². The fraction of sp³-hybridized carbons (Fsp3) is 0.867. The van der Waals surface area contributed by atoms with Crippen LogP contribution in [-0.2, 0) is 9.59 Å². The van der Waals surface area contributed by atoms with Gasteiger partial charge in [0.25, 0.3) is 0 Å². The lowest BCUT2D eigenvalue weighted by Crippen LogP contribution is -2.44. The maximum absolute atomic E-state index is 12.4. The molecule has 2 fully saturated rings. The monoisotopic (exact) mass is 281 g/mol. The molecule has 0 aromatic heterocycles. The highest BCUT2D eigenvalue weighted by atomic mass is 16.2. The molecule has 1 aliphatic heterocycles. The van der Waals surface area contributed by atoms with Crippen LogP contribution in [0, 0.1) is 5.41 Å². The molecule has 0 unspecified atom stereocenters. The minimum Gasteiger partial charge on any atom is -0.341 e. The Kier molecular flexibility index (Phi) is 5.02. The first-order chi connectivity index (χ1) is 9.60. The summed E-state index contributed by atoms with van der Waals surface area (Å²) in [6, 6.07) is 0. The van der Waals surface area contributed by atoms with E-state index in [1.165, 1.54) is 6.42 Å². The molecule has 114 valence electrons. The molecule has 1 saturated heterocycles. The lowest BCUT2D eigenvalue weighted by Gasteiger charge is -2.41. The third-order valence-electron chi connectivity index (χ3n) is 4.88. The molecule has 2 rings (SSSR count). The van der Waals surface area contributed by atoms with Crippen LogP contribution < -0.4 is 5.73 Å². The van der Waals surface area contributed by atoms with Crippen LogP contribution in [0.2, 0.25) is 0 Å². The molecule has 2 amide bonds. The smallest absolute Gasteiger partial charge is 0.223 e. The third-order valence-corrected chi connectivity index (χ3v) is 4.88. The van der Waals surface area contributed by atoms with Crippen LogP contribution in [0.5, 0.6) is 0 Å². The van der Waals surface area contributed by atoms with E-state index in [0.29, 0.717) is 32.5 Å². The lowest BCUT2D eigenvalue weighted by molar-refractivity contribution is -0.136. The zero-order chi connectivity index (χ0) is 14.6. The van der Waals surface area contributed by atoms with Crippen LogP contribution in [0.25, 0.3) is 0 Å². The Morgan fingerprint density at radius 1 is 1.00 bits per heavy atom. The highest BCUT2D eigenvalue weighted by Gasteiger charge is 2.38. The number of nitrogens with two attached hydrogens (primary N) is 1. The van der Waals surface area contributed by atoms with Crippen molar-refractivity contribution in [3.8, 4) is 0 Å². The summed E-state index contributed by atoms with van der Waals surface area (Å²) in [6.45, 7) is 5.40. The SMILES string of the molecule is CCC(=O)N1CCCN(C(=O)CC2(CN)CCC2)CC1. The van der Waals surface area contributed by atoms with Crippen molar-refractivity contribution in [1.29, 1.82) is 0 Å². The minimum atomic E-state index is 0.0717. The molecule has 0 atom stereocenters. The Labute approximate surface area is 121 Å². The van der Waals surface area contributed by atoms with Crippen LogP contribution in [0.3, 0.4) is 0 Å². The summed E-state index contributed by atoms with van der Waals surface area (Å²) in [4.78, 5) is 28.0. The predicted molar refractivity (Wildman–Crippen MR) is 78.0 cm³/mol. The number of amides is 2. The van der Waals surface area contributed by atoms with Crippen molar-refractivity contribution in [1.82, 2.24) is 9.80 Å². The molecular formula is C15H27N3O2. The van der Waals surface area contributed by atoms with E-state index in [4.69, 9.17) is 5.73 Å². The molecule has 0 bridgehead atoms. The normalized spacial score (nSPS) is 22.1. The molecule has 5 nitrogen and oxygen atoms in total. The van der Waals surface area contributed by atoms with Gasteiger partial charge < -0.3 is 15.5 Å². The Morgan fingerprint density at radius 3 is 2.05 bits per heavy atom. The van der Waals surface area contributed by atoms with Gasteiger partial charge in [-0.05, 0) is 31.2 Å². The van der Waals surface area contributed by atoms with Crippen molar-refractivity contribution in [2.24, 2.45) is 11.1 Å². The quantitative estimate of drug-likeness (QED) is 0.835. The van der Waals surface area contributed by atoms with Crippen molar-refractivity contribution in [3.05, 3.63) is 0 Å². The van der Waals surface area contributed by atoms with Crippen molar-refractivity contribution in [2.75, 3.05) is 32.7 Å². The summed E-state index contributed by atoms with van der Waals surface area (Å²) < 4.78 is 0. The van der Waals surface area contributed by atoms with Gasteiger partial charge in [0.05, 0.1) is 0 Å². The minimum absolute atomic E-state index is 0.0717. The molecular weight excluding hydrogens is 254 g/mol. The van der Waals surface area contributed by atoms with Crippen LogP contribution in [-0.4, -0.2) is 54.3 Å². The fourth-order valence-corrected chi connectivity index (χ4v) is 3.20. The van der Waals surface area contributed by atoms with Gasteiger partial charge in [-0.25, -0.2) is 0 Å². The van der Waals surface area contributed by atoms with E-state index in [-0.39, 0.29) is 17.2 Å². The molecule has 2 aliphatic rings. The van der Waals surface area contributed by atoms with E-state index >= 15 is 0 Å². The first-order valence-corrected chi connectivity index (χ1v) is 7.86. The van der Waals surface area contributed by atoms with Crippen LogP contribution in [0.1, 0.15) is 45.4 Å². The molecule has 5 heteroatoms. The molecule has 0 spiro atoms. The maximum Gasteiger partial charge on any atom is 0.223 e. The maximum atomic E-state index is 12.4. The second-order valence-electron chi connectivity index (χ2n) is 6.20. The van der Waals surface area contributed by atoms with E-state index in [2.05, 4.69) is 0 Å². The van der Waals surface area contributed by atoms with Crippen molar-refractivity contribution >= 4 is 11.8 Å². The zero-order valence-electron chi connectivity index (χ0n) is 12.6. The van der Waals surface area contributed by atoms with E-state index < -0.39 is 0 Å². The van der Waals surface area contributed by atoms with Gasteiger partial charge in [0.15, 0.2) is 0 Å². The number of rotatable bonds is 4. The highest BCUT2D eigenvalue weighted by molar-refractivity contribution is 5.78. The Hall–Kier alpha value is -1.10. The molecule has 1 aliphatic carbocycles. The molecule has 1 saturated carbocycles. The third kappa shape index (κ3) is 3.32. The Morgan fingerprint density at radius 2 is 1.60 bits per heavy atom. The summed E-state index contributed by atoms with van der Waals surface area (Å²) in [7, 11) is 0. The first kappa shape index (κ1) is 15.3. The summed E-state index contributed by atoms with van der Waals surface area (Å²) in [5.41, 5.74) is 5.91. The standard InChI is InChI=1S/C15H27N3O2/c1-2-13(19)17-7-4-8-18(10-9-17)14(20)11-15(12-16)5-3-6-15/h2-12,16H2,1H3. The second kappa shape index (κ2) is 6.57. The molecule has 0 aromatic rings. The number of hydrogen-bond donors (Lipinski definition) is 1. The van der Waals surface area contributed by atoms with E-state index in [9.17, 15) is 9.59 Å². The summed E-state index contributed by atoms with van der Waals surface area (Å²) in [5, 5.41) is 0. The average molecular weight is 281 g/mol. The molecule has 1 heterocycles. The lowest BCUT2D eigenvalue weighted by atomic mass is 9.66. The summed E-state index contributed by atoms with van der Waals surface area (Å²) >= 11 is 0. The largest absolute Gasteiger partial charge is 0.341 e. The van der Waals surface area contributed by atoms with Gasteiger partial charge in [-0.3, -0.25) is 9.59 Å². The zero-order valence-corrected chi connectivity index (χ0v) is 12.6. The molecule has 2 N–H and O–H groups in total. The van der Waals surface area contributed by atoms with E-state index in [1.807, 2.05) is 16.7 Å². The molecule has 0 radical (unpaired) electrons. The highest BCUT2D eigenvalue weighted by Crippen LogP contribution is 2.43. The Bertz CT molecular complexity index is 361. The van der Waals surface area contributed by atoms with Gasteiger partial charge in [-0.1, -0.05) is 13.3 Å². The van der Waals surface area contributed by atoms with Gasteiger partial charge in [0.2, 0.25) is 11.8 Å². The van der Waals surface area contributed by atoms with Gasteiger partial charge in [-0.2, -0.15) is 0 Å². The van der Waals surface area contributed by atoms with E-state index in [1.54, 1.807) is 0 Å². The van der Waals surface area contributed by atoms with Gasteiger partial charge >= 0.3 is 0 Å². The van der Waals surface area contributed by atoms with Crippen molar-refractivity contribution in [2.45, 2.75) is 45.4 Å². The van der Waals surface area contributed by atoms with Crippen molar-refractivity contribution < 1.29 is 9.59 Å². The Balaban J connectivity index is 1.86. The van der Waals surface area contributed by atoms with Crippen LogP contribution in [0.4, 0.5) is 0 Å². The number of carbonyl (C=O) groups is 2. The molecule has 0 aromatic carbocycles. The van der Waals surface area contributed by atoms with Gasteiger partial charge in [0, 0.05) is 39.0 Å². The topological polar surface area (TPSA) is 66.6 Å². The predicted octanol–water partition coefficient (Wildman–Crippen LogP) is 0.976. The summed E-state index contributed by atoms with van der Waals surface area (Å²) in [5.74, 6) is 0.415. The summed E-state index contributed by atoms with van der Waals surface area (Å²) in [6.07, 6.45) is 5.39.